The Labute approximate surface area is 134 Å². The van der Waals surface area contributed by atoms with Crippen molar-refractivity contribution in [3.05, 3.63) is 0 Å². The van der Waals surface area contributed by atoms with Crippen molar-refractivity contribution < 1.29 is 19.1 Å². The zero-order chi connectivity index (χ0) is 17.4. The van der Waals surface area contributed by atoms with E-state index in [4.69, 9.17) is 15.2 Å². The number of carbonyl (C=O) groups is 2. The Hall–Kier alpha value is -1.30. The average molecular weight is 316 g/mol. The highest BCUT2D eigenvalue weighted by Crippen LogP contribution is 2.15. The second-order valence-corrected chi connectivity index (χ2v) is 7.46. The molecule has 0 radical (unpaired) electrons. The summed E-state index contributed by atoms with van der Waals surface area (Å²) in [4.78, 5) is 23.2. The predicted octanol–water partition coefficient (Wildman–Crippen LogP) is 2.60. The Kier molecular flexibility index (Phi) is 8.45. The quantitative estimate of drug-likeness (QED) is 0.556. The molecule has 0 unspecified atom stereocenters. The van der Waals surface area contributed by atoms with Crippen molar-refractivity contribution in [3.63, 3.8) is 0 Å². The van der Waals surface area contributed by atoms with Crippen LogP contribution in [-0.4, -0.2) is 36.4 Å². The van der Waals surface area contributed by atoms with Crippen LogP contribution in [0.1, 0.15) is 60.8 Å². The lowest BCUT2D eigenvalue weighted by atomic mass is 9.99. The van der Waals surface area contributed by atoms with Crippen LogP contribution in [-0.2, 0) is 14.3 Å². The van der Waals surface area contributed by atoms with Gasteiger partial charge in [0.05, 0.1) is 0 Å². The summed E-state index contributed by atoms with van der Waals surface area (Å²) in [5.41, 5.74) is 4.71. The smallest absolute Gasteiger partial charge is 0.407 e. The lowest BCUT2D eigenvalue weighted by molar-refractivity contribution is -0.155. The third-order valence-electron chi connectivity index (χ3n) is 2.67. The molecule has 0 aliphatic rings. The summed E-state index contributed by atoms with van der Waals surface area (Å²) < 4.78 is 10.4. The molecule has 1 amide bonds. The van der Waals surface area contributed by atoms with Gasteiger partial charge in [0.1, 0.15) is 11.2 Å². The summed E-state index contributed by atoms with van der Waals surface area (Å²) in [6, 6.07) is 0. The van der Waals surface area contributed by atoms with Crippen molar-refractivity contribution in [2.24, 2.45) is 11.7 Å². The Morgan fingerprint density at radius 2 is 1.59 bits per heavy atom. The fourth-order valence-electron chi connectivity index (χ4n) is 1.82. The zero-order valence-electron chi connectivity index (χ0n) is 14.8. The Morgan fingerprint density at radius 3 is 2.05 bits per heavy atom. The van der Waals surface area contributed by atoms with E-state index in [-0.39, 0.29) is 11.9 Å². The van der Waals surface area contributed by atoms with Gasteiger partial charge in [0.2, 0.25) is 0 Å². The van der Waals surface area contributed by atoms with Gasteiger partial charge >= 0.3 is 12.1 Å². The van der Waals surface area contributed by atoms with E-state index >= 15 is 0 Å². The van der Waals surface area contributed by atoms with Crippen LogP contribution >= 0.6 is 0 Å². The van der Waals surface area contributed by atoms with Crippen LogP contribution in [0.3, 0.4) is 0 Å². The maximum atomic E-state index is 11.8. The van der Waals surface area contributed by atoms with Gasteiger partial charge in [0, 0.05) is 13.0 Å². The summed E-state index contributed by atoms with van der Waals surface area (Å²) in [5.74, 6) is -0.168. The molecule has 0 aromatic carbocycles. The topological polar surface area (TPSA) is 90.6 Å². The third kappa shape index (κ3) is 12.4. The van der Waals surface area contributed by atoms with Crippen molar-refractivity contribution in [1.29, 1.82) is 0 Å². The van der Waals surface area contributed by atoms with Crippen LogP contribution in [0.2, 0.25) is 0 Å². The van der Waals surface area contributed by atoms with Gasteiger partial charge in [0.15, 0.2) is 0 Å². The largest absolute Gasteiger partial charge is 0.460 e. The molecule has 3 N–H and O–H groups in total. The highest BCUT2D eigenvalue weighted by Gasteiger charge is 2.20. The van der Waals surface area contributed by atoms with Crippen molar-refractivity contribution in [2.45, 2.75) is 72.0 Å². The lowest BCUT2D eigenvalue weighted by Gasteiger charge is -2.22. The van der Waals surface area contributed by atoms with E-state index in [0.717, 1.165) is 12.8 Å². The Morgan fingerprint density at radius 1 is 1.05 bits per heavy atom. The van der Waals surface area contributed by atoms with E-state index in [1.165, 1.54) is 0 Å². The highest BCUT2D eigenvalue weighted by atomic mass is 16.6. The molecule has 0 saturated carbocycles. The maximum Gasteiger partial charge on any atom is 0.407 e. The molecule has 0 aromatic heterocycles. The number of nitrogens with one attached hydrogen (secondary N) is 1. The monoisotopic (exact) mass is 316 g/mol. The number of amides is 1. The first-order chi connectivity index (χ1) is 9.93. The Balaban J connectivity index is 3.96. The molecule has 0 fully saturated rings. The Bertz CT molecular complexity index is 356. The molecular weight excluding hydrogens is 284 g/mol. The second kappa shape index (κ2) is 8.98. The summed E-state index contributed by atoms with van der Waals surface area (Å²) in [7, 11) is 0. The van der Waals surface area contributed by atoms with Gasteiger partial charge in [-0.2, -0.15) is 0 Å². The molecule has 1 atom stereocenters. The first-order valence-electron chi connectivity index (χ1n) is 7.81. The van der Waals surface area contributed by atoms with Gasteiger partial charge in [-0.25, -0.2) is 4.79 Å². The number of alkyl carbamates (subject to hydrolysis) is 1. The molecular formula is C16H32N2O4. The maximum absolute atomic E-state index is 11.8. The van der Waals surface area contributed by atoms with E-state index < -0.39 is 17.3 Å². The minimum absolute atomic E-state index is 0.0651. The minimum atomic E-state index is -0.499. The summed E-state index contributed by atoms with van der Waals surface area (Å²) in [6.07, 6.45) is 1.37. The first-order valence-corrected chi connectivity index (χ1v) is 7.81. The molecule has 6 heteroatoms. The van der Waals surface area contributed by atoms with Crippen LogP contribution in [0, 0.1) is 5.92 Å². The predicted molar refractivity (Wildman–Crippen MR) is 86.5 cm³/mol. The van der Waals surface area contributed by atoms with Crippen LogP contribution < -0.4 is 11.1 Å². The summed E-state index contributed by atoms with van der Waals surface area (Å²) >= 11 is 0. The molecule has 0 spiro atoms. The molecule has 130 valence electrons. The van der Waals surface area contributed by atoms with E-state index in [1.807, 2.05) is 41.5 Å². The molecule has 0 heterocycles. The van der Waals surface area contributed by atoms with Crippen LogP contribution in [0.5, 0.6) is 0 Å². The number of esters is 1. The second-order valence-electron chi connectivity index (χ2n) is 7.46. The molecule has 6 nitrogen and oxygen atoms in total. The van der Waals surface area contributed by atoms with E-state index in [9.17, 15) is 9.59 Å². The first kappa shape index (κ1) is 20.7. The summed E-state index contributed by atoms with van der Waals surface area (Å²) in [5, 5.41) is 2.69. The summed E-state index contributed by atoms with van der Waals surface area (Å²) in [6.45, 7) is 11.9. The number of rotatable bonds is 7. The standard InChI is InChI=1S/C16H32N2O4/c1-15(2,3)21-13(19)10-12(11-17)8-7-9-18-14(20)22-16(4,5)6/h12H,7-11,17H2,1-6H3,(H,18,20)/t12-/m1/s1. The molecule has 0 aliphatic heterocycles. The van der Waals surface area contributed by atoms with Crippen molar-refractivity contribution >= 4 is 12.1 Å². The van der Waals surface area contributed by atoms with Gasteiger partial charge in [-0.3, -0.25) is 4.79 Å². The van der Waals surface area contributed by atoms with Gasteiger partial charge in [-0.05, 0) is 66.8 Å². The number of hydrogen-bond acceptors (Lipinski definition) is 5. The van der Waals surface area contributed by atoms with Gasteiger partial charge < -0.3 is 20.5 Å². The van der Waals surface area contributed by atoms with Crippen molar-refractivity contribution in [3.8, 4) is 0 Å². The van der Waals surface area contributed by atoms with E-state index in [2.05, 4.69) is 5.32 Å². The molecule has 22 heavy (non-hydrogen) atoms. The molecule has 0 bridgehead atoms. The lowest BCUT2D eigenvalue weighted by Crippen LogP contribution is -2.33. The molecule has 0 aliphatic carbocycles. The molecule has 0 aromatic rings. The van der Waals surface area contributed by atoms with Crippen LogP contribution in [0.15, 0.2) is 0 Å². The number of nitrogens with two attached hydrogens (primary N) is 1. The van der Waals surface area contributed by atoms with E-state index in [0.29, 0.717) is 19.5 Å². The fourth-order valence-corrected chi connectivity index (χ4v) is 1.82. The number of ether oxygens (including phenoxy) is 2. The van der Waals surface area contributed by atoms with Crippen LogP contribution in [0.4, 0.5) is 4.79 Å². The van der Waals surface area contributed by atoms with Gasteiger partial charge in [-0.1, -0.05) is 0 Å². The normalized spacial score (nSPS) is 13.4. The van der Waals surface area contributed by atoms with Crippen molar-refractivity contribution in [2.75, 3.05) is 13.1 Å². The van der Waals surface area contributed by atoms with Crippen molar-refractivity contribution in [1.82, 2.24) is 5.32 Å². The third-order valence-corrected chi connectivity index (χ3v) is 2.67. The zero-order valence-corrected chi connectivity index (χ0v) is 14.8. The minimum Gasteiger partial charge on any atom is -0.460 e. The highest BCUT2D eigenvalue weighted by molar-refractivity contribution is 5.70. The number of hydrogen-bond donors (Lipinski definition) is 2. The van der Waals surface area contributed by atoms with Crippen LogP contribution in [0.25, 0.3) is 0 Å². The SMILES string of the molecule is CC(C)(C)OC(=O)C[C@H](CN)CCCNC(=O)OC(C)(C)C. The number of carbonyl (C=O) groups excluding carboxylic acids is 2. The average Bonchev–Trinajstić information content (AvgIpc) is 2.28. The van der Waals surface area contributed by atoms with Gasteiger partial charge in [0.25, 0.3) is 0 Å². The molecule has 0 rings (SSSR count). The molecule has 0 saturated heterocycles. The fraction of sp³-hybridized carbons (Fsp3) is 0.875. The van der Waals surface area contributed by atoms with E-state index in [1.54, 1.807) is 0 Å². The van der Waals surface area contributed by atoms with Gasteiger partial charge in [-0.15, -0.1) is 0 Å².